The number of carboxylic acids is 1. The van der Waals surface area contributed by atoms with E-state index in [1.165, 1.54) is 11.1 Å². The molecule has 0 amide bonds. The molecule has 2 aliphatic heterocycles. The average molecular weight is 503 g/mol. The highest BCUT2D eigenvalue weighted by Gasteiger charge is 2.29. The number of ether oxygens (including phenoxy) is 1. The minimum absolute atomic E-state index is 0.136. The summed E-state index contributed by atoms with van der Waals surface area (Å²) in [5.74, 6) is -0.924. The second-order valence-corrected chi connectivity index (χ2v) is 10.4. The molecule has 0 radical (unpaired) electrons. The van der Waals surface area contributed by atoms with Gasteiger partial charge in [0.25, 0.3) is 0 Å². The Morgan fingerprint density at radius 2 is 1.97 bits per heavy atom. The number of rotatable bonds is 7. The summed E-state index contributed by atoms with van der Waals surface area (Å²) in [5, 5.41) is 9.75. The van der Waals surface area contributed by atoms with Crippen LogP contribution in [-0.4, -0.2) is 40.7 Å². The van der Waals surface area contributed by atoms with Crippen LogP contribution >= 0.6 is 0 Å². The number of hydrogen-bond acceptors (Lipinski definition) is 4. The second-order valence-electron chi connectivity index (χ2n) is 10.4. The summed E-state index contributed by atoms with van der Waals surface area (Å²) in [6.07, 6.45) is 4.34. The first-order chi connectivity index (χ1) is 17.8. The molecule has 0 spiro atoms. The van der Waals surface area contributed by atoms with Gasteiger partial charge in [-0.1, -0.05) is 24.3 Å². The Kier molecular flexibility index (Phi) is 7.29. The van der Waals surface area contributed by atoms with Crippen LogP contribution in [0.15, 0.2) is 30.3 Å². The maximum absolute atomic E-state index is 15.3. The van der Waals surface area contributed by atoms with E-state index in [-0.39, 0.29) is 12.2 Å². The zero-order valence-electron chi connectivity index (χ0n) is 22.0. The predicted molar refractivity (Wildman–Crippen MR) is 143 cm³/mol. The van der Waals surface area contributed by atoms with Crippen LogP contribution in [0.5, 0.6) is 5.75 Å². The van der Waals surface area contributed by atoms with Crippen molar-refractivity contribution in [1.29, 1.82) is 0 Å². The van der Waals surface area contributed by atoms with Gasteiger partial charge in [0.1, 0.15) is 0 Å². The van der Waals surface area contributed by atoms with Crippen LogP contribution in [0.3, 0.4) is 0 Å². The molecule has 0 unspecified atom stereocenters. The third-order valence-corrected chi connectivity index (χ3v) is 7.95. The largest absolute Gasteiger partial charge is 0.490 e. The van der Waals surface area contributed by atoms with Gasteiger partial charge in [-0.2, -0.15) is 0 Å². The number of benzene rings is 2. The van der Waals surface area contributed by atoms with Crippen molar-refractivity contribution in [2.75, 3.05) is 19.7 Å². The van der Waals surface area contributed by atoms with Crippen LogP contribution in [-0.2, 0) is 37.0 Å². The molecule has 37 heavy (non-hydrogen) atoms. The first kappa shape index (κ1) is 25.4. The Balaban J connectivity index is 1.52. The molecule has 5 nitrogen and oxygen atoms in total. The molecule has 0 bridgehead atoms. The molecule has 194 valence electrons. The van der Waals surface area contributed by atoms with E-state index in [9.17, 15) is 9.90 Å². The average Bonchev–Trinajstić information content (AvgIpc) is 2.88. The van der Waals surface area contributed by atoms with E-state index in [0.29, 0.717) is 24.5 Å². The molecule has 0 saturated carbocycles. The zero-order valence-corrected chi connectivity index (χ0v) is 22.0. The number of hydrogen-bond donors (Lipinski definition) is 1. The topological polar surface area (TPSA) is 62.7 Å². The second kappa shape index (κ2) is 10.6. The monoisotopic (exact) mass is 502 g/mol. The van der Waals surface area contributed by atoms with E-state index in [2.05, 4.69) is 36.1 Å². The lowest BCUT2D eigenvalue weighted by molar-refractivity contribution is -0.136. The molecule has 6 heteroatoms. The molecule has 0 fully saturated rings. The van der Waals surface area contributed by atoms with E-state index < -0.39 is 5.97 Å². The number of carbonyl (C=O) groups is 1. The molecular formula is C31H35FN2O3. The first-order valence-corrected chi connectivity index (χ1v) is 13.3. The summed E-state index contributed by atoms with van der Waals surface area (Å²) in [7, 11) is 0. The maximum Gasteiger partial charge on any atom is 0.307 e. The number of pyridine rings is 1. The Morgan fingerprint density at radius 3 is 2.76 bits per heavy atom. The molecule has 5 rings (SSSR count). The summed E-state index contributed by atoms with van der Waals surface area (Å²) >= 11 is 0. The van der Waals surface area contributed by atoms with Gasteiger partial charge in [0.2, 0.25) is 0 Å². The summed E-state index contributed by atoms with van der Waals surface area (Å²) in [6, 6.07) is 10.1. The number of aryl methyl sites for hydroxylation is 3. The van der Waals surface area contributed by atoms with Crippen LogP contribution in [0.25, 0.3) is 11.1 Å². The molecule has 0 saturated heterocycles. The number of aromatic nitrogens is 1. The van der Waals surface area contributed by atoms with Crippen molar-refractivity contribution in [2.45, 2.75) is 65.8 Å². The van der Waals surface area contributed by atoms with Gasteiger partial charge in [0.15, 0.2) is 11.6 Å². The van der Waals surface area contributed by atoms with Gasteiger partial charge in [-0.15, -0.1) is 0 Å². The van der Waals surface area contributed by atoms with Crippen molar-refractivity contribution in [2.24, 2.45) is 0 Å². The fourth-order valence-corrected chi connectivity index (χ4v) is 5.97. The Morgan fingerprint density at radius 1 is 1.16 bits per heavy atom. The van der Waals surface area contributed by atoms with Crippen molar-refractivity contribution < 1.29 is 19.0 Å². The van der Waals surface area contributed by atoms with Crippen LogP contribution in [0.2, 0.25) is 0 Å². The van der Waals surface area contributed by atoms with Crippen molar-refractivity contribution in [3.05, 3.63) is 80.9 Å². The number of carboxylic acid groups (broad SMARTS) is 1. The van der Waals surface area contributed by atoms with Gasteiger partial charge in [-0.3, -0.25) is 14.7 Å². The van der Waals surface area contributed by atoms with E-state index in [1.807, 2.05) is 13.8 Å². The number of halogens is 1. The van der Waals surface area contributed by atoms with Crippen LogP contribution in [0.4, 0.5) is 4.39 Å². The summed E-state index contributed by atoms with van der Waals surface area (Å²) in [5.41, 5.74) is 9.67. The van der Waals surface area contributed by atoms with Gasteiger partial charge in [-0.05, 0) is 98.0 Å². The van der Waals surface area contributed by atoms with E-state index in [0.717, 1.165) is 84.4 Å². The summed E-state index contributed by atoms with van der Waals surface area (Å²) in [6.45, 7) is 9.11. The van der Waals surface area contributed by atoms with Crippen molar-refractivity contribution in [3.8, 4) is 16.9 Å². The lowest BCUT2D eigenvalue weighted by Gasteiger charge is -2.32. The zero-order chi connectivity index (χ0) is 26.1. The highest BCUT2D eigenvalue weighted by atomic mass is 19.1. The smallest absolute Gasteiger partial charge is 0.307 e. The third-order valence-electron chi connectivity index (χ3n) is 7.95. The number of aliphatic carboxylic acids is 1. The summed E-state index contributed by atoms with van der Waals surface area (Å²) < 4.78 is 21.0. The van der Waals surface area contributed by atoms with Gasteiger partial charge in [-0.25, -0.2) is 4.39 Å². The van der Waals surface area contributed by atoms with Gasteiger partial charge in [0, 0.05) is 36.5 Å². The molecule has 3 heterocycles. The quantitative estimate of drug-likeness (QED) is 0.445. The number of fused-ring (bicyclic) bond motifs is 2. The van der Waals surface area contributed by atoms with Crippen LogP contribution in [0.1, 0.15) is 57.6 Å². The van der Waals surface area contributed by atoms with Crippen molar-refractivity contribution in [3.63, 3.8) is 0 Å². The lowest BCUT2D eigenvalue weighted by atomic mass is 9.84. The molecule has 2 aromatic carbocycles. The maximum atomic E-state index is 15.3. The minimum Gasteiger partial charge on any atom is -0.490 e. The third kappa shape index (κ3) is 5.12. The van der Waals surface area contributed by atoms with Crippen LogP contribution in [0, 0.1) is 26.6 Å². The Hall–Kier alpha value is -3.25. The van der Waals surface area contributed by atoms with E-state index in [4.69, 9.17) is 9.72 Å². The number of nitrogens with zero attached hydrogens (tertiary/aromatic N) is 2. The fraction of sp³-hybridized carbons (Fsp3) is 0.419. The van der Waals surface area contributed by atoms with Gasteiger partial charge < -0.3 is 9.84 Å². The van der Waals surface area contributed by atoms with Crippen molar-refractivity contribution >= 4 is 5.97 Å². The molecule has 3 aromatic rings. The molecule has 2 aliphatic rings. The fourth-order valence-electron chi connectivity index (χ4n) is 5.97. The normalized spacial score (nSPS) is 15.1. The van der Waals surface area contributed by atoms with Crippen molar-refractivity contribution in [1.82, 2.24) is 9.88 Å². The molecule has 0 atom stereocenters. The molecule has 1 N–H and O–H groups in total. The van der Waals surface area contributed by atoms with E-state index >= 15 is 4.39 Å². The highest BCUT2D eigenvalue weighted by Crippen LogP contribution is 2.42. The van der Waals surface area contributed by atoms with Gasteiger partial charge >= 0.3 is 5.97 Å². The van der Waals surface area contributed by atoms with Gasteiger partial charge in [0.05, 0.1) is 13.0 Å². The minimum atomic E-state index is -0.906. The van der Waals surface area contributed by atoms with Crippen LogP contribution < -0.4 is 4.74 Å². The predicted octanol–water partition coefficient (Wildman–Crippen LogP) is 5.76. The Bertz CT molecular complexity index is 1350. The molecule has 0 aliphatic carbocycles. The SMILES string of the molecule is Cc1ccccc1CCCN1CCc2nc(C)c(CC(=O)O)c(-c3cc(F)c4c(c3C)CCCO4)c2C1. The Labute approximate surface area is 218 Å². The van der Waals surface area contributed by atoms with E-state index in [1.54, 1.807) is 6.07 Å². The molecule has 1 aromatic heterocycles. The summed E-state index contributed by atoms with van der Waals surface area (Å²) in [4.78, 5) is 19.2. The first-order valence-electron chi connectivity index (χ1n) is 13.3. The highest BCUT2D eigenvalue weighted by molar-refractivity contribution is 5.82. The lowest BCUT2D eigenvalue weighted by Crippen LogP contribution is -2.33. The molecular weight excluding hydrogens is 467 g/mol. The standard InChI is InChI=1S/C31H35FN2O3/c1-19-8-4-5-9-22(19)10-6-13-34-14-12-28-26(18-34)30(25(17-29(35)36)21(3)33-28)24-16-27(32)31-23(20(24)2)11-7-15-37-31/h4-5,8-9,16H,6-7,10-15,17-18H2,1-3H3,(H,35,36).